The molecule has 0 radical (unpaired) electrons. The Hall–Kier alpha value is 1.02. The lowest BCUT2D eigenvalue weighted by Gasteiger charge is -2.62. The van der Waals surface area contributed by atoms with Crippen LogP contribution in [0.5, 0.6) is 0 Å². The lowest BCUT2D eigenvalue weighted by Crippen LogP contribution is -2.54. The molecule has 0 nitrogen and oxygen atoms in total. The topological polar surface area (TPSA) is 0 Å². The van der Waals surface area contributed by atoms with Crippen LogP contribution < -0.4 is 0 Å². The summed E-state index contributed by atoms with van der Waals surface area (Å²) in [5, 5.41) is 0. The van der Waals surface area contributed by atoms with Crippen molar-refractivity contribution in [2.45, 2.75) is 39.4 Å². The smallest absolute Gasteiger partial charge is 0.139 e. The highest BCUT2D eigenvalue weighted by molar-refractivity contribution is 9.49. The monoisotopic (exact) mass is 306 g/mol. The van der Waals surface area contributed by atoms with E-state index in [1.165, 1.54) is 12.8 Å². The fraction of sp³-hybridized carbons (Fsp3) is 1.00. The van der Waals surface area contributed by atoms with E-state index in [0.29, 0.717) is 9.78 Å². The number of hydrogen-bond donors (Lipinski definition) is 0. The molecule has 3 aliphatic rings. The van der Waals surface area contributed by atoms with Crippen LogP contribution in [-0.2, 0) is 0 Å². The molecule has 4 unspecified atom stereocenters. The van der Waals surface area contributed by atoms with Gasteiger partial charge in [-0.2, -0.15) is 0 Å². The molecule has 0 saturated heterocycles. The van der Waals surface area contributed by atoms with Gasteiger partial charge in [0.1, 0.15) is 0 Å². The molecule has 0 amide bonds. The maximum absolute atomic E-state index is 3.68. The first kappa shape index (κ1) is 10.5. The Kier molecular flexibility index (Phi) is 2.65. The second-order valence-electron chi connectivity index (χ2n) is 5.45. The van der Waals surface area contributed by atoms with Gasteiger partial charge in [-0.25, -0.2) is 0 Å². The van der Waals surface area contributed by atoms with Gasteiger partial charge in [-0.05, 0) is 35.4 Å². The predicted molar refractivity (Wildman–Crippen MR) is 66.5 cm³/mol. The van der Waals surface area contributed by atoms with Crippen LogP contribution in [0.4, 0.5) is 0 Å². The molecule has 0 heterocycles. The van der Waals surface area contributed by atoms with Crippen molar-refractivity contribution in [1.29, 1.82) is 0 Å². The highest BCUT2D eigenvalue weighted by atomic mass is 79.9. The van der Waals surface area contributed by atoms with E-state index in [-0.39, 0.29) is 0 Å². The van der Waals surface area contributed by atoms with E-state index in [1.54, 1.807) is 0 Å². The van der Waals surface area contributed by atoms with E-state index in [0.717, 1.165) is 23.6 Å². The maximum atomic E-state index is 3.68. The van der Waals surface area contributed by atoms with Crippen molar-refractivity contribution in [3.8, 4) is 0 Å². The minimum absolute atomic E-state index is 0.524. The quantitative estimate of drug-likeness (QED) is 0.632. The number of rotatable bonds is 1. The van der Waals surface area contributed by atoms with Crippen LogP contribution in [0.1, 0.15) is 33.6 Å². The van der Waals surface area contributed by atoms with Gasteiger partial charge in [0.05, 0.1) is 0 Å². The van der Waals surface area contributed by atoms with Gasteiger partial charge in [0, 0.05) is 0 Å². The summed E-state index contributed by atoms with van der Waals surface area (Å²) < 4.78 is 0.524. The van der Waals surface area contributed by atoms with Gasteiger partial charge < -0.3 is 0 Å². The van der Waals surface area contributed by atoms with Gasteiger partial charge in [-0.3, -0.25) is 0 Å². The summed E-state index contributed by atoms with van der Waals surface area (Å²) in [4.78, 5) is 0. The molecule has 3 rings (SSSR count). The van der Waals surface area contributed by atoms with Crippen LogP contribution in [0.25, 0.3) is 0 Å². The molecule has 0 aromatic carbocycles. The first-order valence-corrected chi connectivity index (χ1v) is 7.06. The third-order valence-corrected chi connectivity index (χ3v) is 6.09. The fourth-order valence-corrected chi connectivity index (χ4v) is 4.92. The molecule has 0 aromatic heterocycles. The van der Waals surface area contributed by atoms with Crippen LogP contribution in [0.15, 0.2) is 0 Å². The molecule has 2 bridgehead atoms. The Morgan fingerprint density at radius 3 is 2.23 bits per heavy atom. The summed E-state index contributed by atoms with van der Waals surface area (Å²) in [7, 11) is 0. The third-order valence-electron chi connectivity index (χ3n) is 4.74. The van der Waals surface area contributed by atoms with Crippen LogP contribution >= 0.6 is 31.5 Å². The molecule has 4 atom stereocenters. The van der Waals surface area contributed by atoms with Crippen molar-refractivity contribution in [3.05, 3.63) is 0 Å². The van der Waals surface area contributed by atoms with Crippen molar-refractivity contribution in [2.75, 3.05) is 0 Å². The molecule has 0 aromatic rings. The van der Waals surface area contributed by atoms with Gasteiger partial charge in [0.25, 0.3) is 0 Å². The molecule has 0 spiro atoms. The van der Waals surface area contributed by atoms with Crippen molar-refractivity contribution >= 4 is 35.9 Å². The molecule has 0 N–H and O–H groups in total. The summed E-state index contributed by atoms with van der Waals surface area (Å²) in [6.07, 6.45) is 2.89. The molecule has 3 aliphatic carbocycles. The van der Waals surface area contributed by atoms with Crippen molar-refractivity contribution < 1.29 is 0 Å². The molecule has 3 fully saturated rings. The average molecular weight is 308 g/mol. The van der Waals surface area contributed by atoms with E-state index >= 15 is 0 Å². The van der Waals surface area contributed by atoms with Gasteiger partial charge in [0.15, 0.2) is 0 Å². The van der Waals surface area contributed by atoms with Crippen molar-refractivity contribution in [2.24, 2.45) is 23.2 Å². The third kappa shape index (κ3) is 1.45. The van der Waals surface area contributed by atoms with E-state index in [9.17, 15) is 0 Å². The number of halogens is 2. The zero-order chi connectivity index (χ0) is 9.80. The average Bonchev–Trinajstić information content (AvgIpc) is 2.02. The van der Waals surface area contributed by atoms with Gasteiger partial charge in [0.2, 0.25) is 0 Å². The van der Waals surface area contributed by atoms with E-state index < -0.39 is 0 Å². The SMILES string of the molecule is CC1C(B(Br)Br)CC2CC1C2(C)C. The Morgan fingerprint density at radius 1 is 1.23 bits per heavy atom. The highest BCUT2D eigenvalue weighted by Gasteiger charge is 2.57. The van der Waals surface area contributed by atoms with E-state index in [1.807, 2.05) is 0 Å². The Balaban J connectivity index is 2.12. The maximum Gasteiger partial charge on any atom is 0.301 e. The lowest BCUT2D eigenvalue weighted by atomic mass is 9.41. The van der Waals surface area contributed by atoms with Gasteiger partial charge >= 0.3 is 4.36 Å². The minimum atomic E-state index is 0.524. The summed E-state index contributed by atoms with van der Waals surface area (Å²) in [6.45, 7) is 7.34. The van der Waals surface area contributed by atoms with Crippen LogP contribution in [0.3, 0.4) is 0 Å². The van der Waals surface area contributed by atoms with Gasteiger partial charge in [-0.15, -0.1) is 31.5 Å². The van der Waals surface area contributed by atoms with Crippen LogP contribution in [0.2, 0.25) is 5.82 Å². The summed E-state index contributed by atoms with van der Waals surface area (Å²) in [6, 6.07) is 0. The Labute approximate surface area is 98.3 Å². The molecule has 3 saturated carbocycles. The van der Waals surface area contributed by atoms with Crippen molar-refractivity contribution in [1.82, 2.24) is 0 Å². The second kappa shape index (κ2) is 3.26. The first-order chi connectivity index (χ1) is 5.94. The standard InChI is InChI=1S/C10H17BBr2/c1-6-8-4-7(10(8,2)3)5-9(6)11(12)13/h6-9H,4-5H2,1-3H3. The van der Waals surface area contributed by atoms with E-state index in [4.69, 9.17) is 0 Å². The number of hydrogen-bond acceptors (Lipinski definition) is 0. The normalized spacial score (nSPS) is 46.8. The first-order valence-electron chi connectivity index (χ1n) is 5.22. The fourth-order valence-electron chi connectivity index (χ4n) is 3.52. The molecule has 0 aliphatic heterocycles. The molecule has 3 heteroatoms. The predicted octanol–water partition coefficient (Wildman–Crippen LogP) is 4.34. The Morgan fingerprint density at radius 2 is 1.85 bits per heavy atom. The van der Waals surface area contributed by atoms with Gasteiger partial charge in [-0.1, -0.05) is 27.2 Å². The second-order valence-corrected chi connectivity index (χ2v) is 8.66. The molecular weight excluding hydrogens is 291 g/mol. The summed E-state index contributed by atoms with van der Waals surface area (Å²) >= 11 is 7.36. The zero-order valence-electron chi connectivity index (χ0n) is 8.56. The molecule has 13 heavy (non-hydrogen) atoms. The Bertz CT molecular complexity index is 213. The number of fused-ring (bicyclic) bond motifs is 2. The highest BCUT2D eigenvalue weighted by Crippen LogP contribution is 2.65. The van der Waals surface area contributed by atoms with Crippen LogP contribution in [-0.4, -0.2) is 4.36 Å². The molecule has 74 valence electrons. The van der Waals surface area contributed by atoms with Crippen LogP contribution in [0, 0.1) is 23.2 Å². The minimum Gasteiger partial charge on any atom is -0.139 e. The molecular formula is C10H17BBr2. The zero-order valence-corrected chi connectivity index (χ0v) is 11.7. The van der Waals surface area contributed by atoms with E-state index in [2.05, 4.69) is 52.3 Å². The lowest BCUT2D eigenvalue weighted by molar-refractivity contribution is -0.0982. The summed E-state index contributed by atoms with van der Waals surface area (Å²) in [5.41, 5.74) is 0.630. The van der Waals surface area contributed by atoms with Crippen molar-refractivity contribution in [3.63, 3.8) is 0 Å². The largest absolute Gasteiger partial charge is 0.301 e. The summed E-state index contributed by atoms with van der Waals surface area (Å²) in [5.74, 6) is 3.67.